The van der Waals surface area contributed by atoms with Crippen LogP contribution in [0.1, 0.15) is 219 Å². The van der Waals surface area contributed by atoms with Gasteiger partial charge in [0.25, 0.3) is 0 Å². The van der Waals surface area contributed by atoms with E-state index < -0.39 is 8.32 Å². The smallest absolute Gasteiger partial charge is 0.305 e. The minimum Gasteiger partial charge on any atom is -0.466 e. The van der Waals surface area contributed by atoms with Crippen molar-refractivity contribution in [3.63, 3.8) is 0 Å². The van der Waals surface area contributed by atoms with Gasteiger partial charge in [-0.3, -0.25) is 4.79 Å². The summed E-state index contributed by atoms with van der Waals surface area (Å²) in [5.74, 6) is -0.0266. The molecule has 0 heterocycles. The highest BCUT2D eigenvalue weighted by Crippen LogP contribution is 2.16. The molecule has 0 aromatic carbocycles. The lowest BCUT2D eigenvalue weighted by Gasteiger charge is -2.22. The Kier molecular flexibility index (Phi) is 34.2. The Hall–Kier alpha value is -0.353. The van der Waals surface area contributed by atoms with E-state index in [-0.39, 0.29) is 5.97 Å². The minimum absolute atomic E-state index is 0.0266. The van der Waals surface area contributed by atoms with Gasteiger partial charge in [-0.2, -0.15) is 0 Å². The molecule has 0 aromatic rings. The van der Waals surface area contributed by atoms with Crippen molar-refractivity contribution in [1.29, 1.82) is 0 Å². The monoisotopic (exact) mass is 625 g/mol. The van der Waals surface area contributed by atoms with Crippen LogP contribution in [0.5, 0.6) is 0 Å². The zero-order chi connectivity index (χ0) is 31.5. The fourth-order valence-electron chi connectivity index (χ4n) is 6.01. The van der Waals surface area contributed by atoms with E-state index in [1.165, 1.54) is 180 Å². The van der Waals surface area contributed by atoms with Crippen molar-refractivity contribution in [2.24, 2.45) is 0 Å². The third-order valence-corrected chi connectivity index (χ3v) is 10.9. The van der Waals surface area contributed by atoms with E-state index in [9.17, 15) is 4.79 Å². The number of ether oxygens (including phenoxy) is 1. The van der Waals surface area contributed by atoms with E-state index in [0.29, 0.717) is 12.7 Å². The number of rotatable bonds is 36. The van der Waals surface area contributed by atoms with E-state index in [1.807, 2.05) is 0 Å². The van der Waals surface area contributed by atoms with Crippen LogP contribution in [-0.4, -0.2) is 27.1 Å². The van der Waals surface area contributed by atoms with Gasteiger partial charge in [-0.05, 0) is 25.9 Å². The molecule has 0 aliphatic carbocycles. The first-order valence-corrected chi connectivity index (χ1v) is 22.9. The van der Waals surface area contributed by atoms with E-state index in [0.717, 1.165) is 25.9 Å². The van der Waals surface area contributed by atoms with E-state index in [2.05, 4.69) is 26.9 Å². The Bertz CT molecular complexity index is 551. The molecule has 0 unspecified atom stereocenters. The molecule has 0 saturated carbocycles. The molecule has 0 bridgehead atoms. The van der Waals surface area contributed by atoms with Crippen molar-refractivity contribution in [3.05, 3.63) is 0 Å². The Balaban J connectivity index is 3.38. The van der Waals surface area contributed by atoms with Gasteiger partial charge in [0.2, 0.25) is 8.32 Å². The summed E-state index contributed by atoms with van der Waals surface area (Å²) in [7, 11) is -1.91. The van der Waals surface area contributed by atoms with Crippen LogP contribution >= 0.6 is 0 Å². The fourth-order valence-corrected chi connectivity index (χ4v) is 7.30. The predicted molar refractivity (Wildman–Crippen MR) is 193 cm³/mol. The second-order valence-corrected chi connectivity index (χ2v) is 18.4. The predicted octanol–water partition coefficient (Wildman–Crippen LogP) is 13.8. The molecule has 0 N–H and O–H groups in total. The maximum Gasteiger partial charge on any atom is 0.305 e. The van der Waals surface area contributed by atoms with Crippen LogP contribution in [0, 0.1) is 0 Å². The van der Waals surface area contributed by atoms with Crippen molar-refractivity contribution in [3.8, 4) is 0 Å². The number of hydrogen-bond donors (Lipinski definition) is 0. The molecule has 4 heteroatoms. The van der Waals surface area contributed by atoms with Gasteiger partial charge in [-0.25, -0.2) is 0 Å². The molecule has 3 nitrogen and oxygen atoms in total. The molecule has 0 aliphatic heterocycles. The SMILES string of the molecule is CCCCCCCCCCCCCCCCCCO[Si](C)(C)COC(=O)CCCCCCCCCCCCCCCCC. The summed E-state index contributed by atoms with van der Waals surface area (Å²) < 4.78 is 11.8. The summed E-state index contributed by atoms with van der Waals surface area (Å²) in [6, 6.07) is 0. The van der Waals surface area contributed by atoms with E-state index in [4.69, 9.17) is 9.16 Å². The maximum atomic E-state index is 12.2. The zero-order valence-corrected chi connectivity index (χ0v) is 31.3. The number of carbonyl (C=O) groups excluding carboxylic acids is 1. The average Bonchev–Trinajstić information content (AvgIpc) is 2.99. The highest BCUT2D eigenvalue weighted by Gasteiger charge is 2.24. The average molecular weight is 625 g/mol. The lowest BCUT2D eigenvalue weighted by Crippen LogP contribution is -2.38. The molecule has 0 saturated heterocycles. The molecule has 0 rings (SSSR count). The van der Waals surface area contributed by atoms with Gasteiger partial charge in [-0.15, -0.1) is 0 Å². The first-order chi connectivity index (χ1) is 21.0. The second-order valence-electron chi connectivity index (χ2n) is 14.3. The van der Waals surface area contributed by atoms with Crippen LogP contribution in [0.4, 0.5) is 0 Å². The molecular weight excluding hydrogens is 545 g/mol. The van der Waals surface area contributed by atoms with Crippen molar-refractivity contribution in [2.45, 2.75) is 232 Å². The Morgan fingerprint density at radius 1 is 0.419 bits per heavy atom. The maximum absolute atomic E-state index is 12.2. The summed E-state index contributed by atoms with van der Waals surface area (Å²) in [4.78, 5) is 12.2. The van der Waals surface area contributed by atoms with Crippen LogP contribution < -0.4 is 0 Å². The molecule has 0 spiro atoms. The Labute approximate surface area is 272 Å². The molecule has 0 amide bonds. The molecule has 258 valence electrons. The molecule has 0 atom stereocenters. The first-order valence-electron chi connectivity index (χ1n) is 19.8. The van der Waals surface area contributed by atoms with Gasteiger partial charge >= 0.3 is 5.97 Å². The van der Waals surface area contributed by atoms with Crippen molar-refractivity contribution in [2.75, 3.05) is 12.8 Å². The number of unbranched alkanes of at least 4 members (excludes halogenated alkanes) is 29. The van der Waals surface area contributed by atoms with Gasteiger partial charge in [0.15, 0.2) is 0 Å². The van der Waals surface area contributed by atoms with Crippen molar-refractivity contribution < 1.29 is 14.0 Å². The summed E-state index contributed by atoms with van der Waals surface area (Å²) >= 11 is 0. The topological polar surface area (TPSA) is 35.5 Å². The number of hydrogen-bond acceptors (Lipinski definition) is 3. The largest absolute Gasteiger partial charge is 0.466 e. The van der Waals surface area contributed by atoms with Crippen LogP contribution in [0.15, 0.2) is 0 Å². The summed E-state index contributed by atoms with van der Waals surface area (Å²) in [5, 5.41) is 0. The molecule has 0 fully saturated rings. The molecule has 43 heavy (non-hydrogen) atoms. The van der Waals surface area contributed by atoms with Gasteiger partial charge in [0.1, 0.15) is 6.23 Å². The standard InChI is InChI=1S/C39H80O3Si/c1-5-7-9-11-13-15-17-19-21-23-25-27-29-31-33-35-37-42-43(3,4)38-41-39(40)36-34-32-30-28-26-24-22-20-18-16-14-12-10-8-6-2/h5-38H2,1-4H3. The van der Waals surface area contributed by atoms with Gasteiger partial charge < -0.3 is 9.16 Å². The highest BCUT2D eigenvalue weighted by atomic mass is 28.4. The quantitative estimate of drug-likeness (QED) is 0.0395. The molecule has 0 aromatic heterocycles. The lowest BCUT2D eigenvalue weighted by atomic mass is 10.0. The number of esters is 1. The zero-order valence-electron chi connectivity index (χ0n) is 30.3. The molecule has 0 radical (unpaired) electrons. The fraction of sp³-hybridized carbons (Fsp3) is 0.974. The van der Waals surface area contributed by atoms with Crippen LogP contribution in [0.3, 0.4) is 0 Å². The Morgan fingerprint density at radius 3 is 1.02 bits per heavy atom. The van der Waals surface area contributed by atoms with Crippen LogP contribution in [-0.2, 0) is 14.0 Å². The normalized spacial score (nSPS) is 11.8. The summed E-state index contributed by atoms with van der Waals surface area (Å²) in [6.45, 7) is 9.77. The van der Waals surface area contributed by atoms with Gasteiger partial charge in [0.05, 0.1) is 0 Å². The first kappa shape index (κ1) is 42.6. The van der Waals surface area contributed by atoms with E-state index >= 15 is 0 Å². The molecular formula is C39H80O3Si. The molecule has 0 aliphatic rings. The van der Waals surface area contributed by atoms with E-state index in [1.54, 1.807) is 0 Å². The van der Waals surface area contributed by atoms with Crippen molar-refractivity contribution >= 4 is 14.3 Å². The van der Waals surface area contributed by atoms with Crippen LogP contribution in [0.2, 0.25) is 13.1 Å². The summed E-state index contributed by atoms with van der Waals surface area (Å²) in [5.41, 5.74) is 0. The van der Waals surface area contributed by atoms with Crippen LogP contribution in [0.25, 0.3) is 0 Å². The van der Waals surface area contributed by atoms with Gasteiger partial charge in [0, 0.05) is 13.0 Å². The Morgan fingerprint density at radius 2 is 0.698 bits per heavy atom. The number of carbonyl (C=O) groups is 1. The second kappa shape index (κ2) is 34.5. The lowest BCUT2D eigenvalue weighted by molar-refractivity contribution is -0.142. The third kappa shape index (κ3) is 36.0. The highest BCUT2D eigenvalue weighted by molar-refractivity contribution is 6.71. The van der Waals surface area contributed by atoms with Crippen molar-refractivity contribution in [1.82, 2.24) is 0 Å². The van der Waals surface area contributed by atoms with Gasteiger partial charge in [-0.1, -0.05) is 200 Å². The third-order valence-electron chi connectivity index (χ3n) is 9.06. The summed E-state index contributed by atoms with van der Waals surface area (Å²) in [6.07, 6.45) is 43.5. The minimum atomic E-state index is -1.91.